The smallest absolute Gasteiger partial charge is 0.323 e. The summed E-state index contributed by atoms with van der Waals surface area (Å²) in [5, 5.41) is 18.3. The van der Waals surface area contributed by atoms with Crippen molar-refractivity contribution in [3.8, 4) is 17.4 Å². The van der Waals surface area contributed by atoms with E-state index in [1.165, 1.54) is 0 Å². The number of benzene rings is 2. The summed E-state index contributed by atoms with van der Waals surface area (Å²) < 4.78 is 7.28. The zero-order chi connectivity index (χ0) is 20.1. The number of rotatable bonds is 5. The lowest BCUT2D eigenvalue weighted by molar-refractivity contribution is 0.262. The summed E-state index contributed by atoms with van der Waals surface area (Å²) in [6.45, 7) is 0. The minimum Gasteiger partial charge on any atom is -0.438 e. The minimum atomic E-state index is -0.360. The van der Waals surface area contributed by atoms with E-state index in [1.807, 2.05) is 0 Å². The Morgan fingerprint density at radius 1 is 0.897 bits per heavy atom. The molecule has 9 heteroatoms. The van der Waals surface area contributed by atoms with Gasteiger partial charge in [-0.2, -0.15) is 5.10 Å². The van der Waals surface area contributed by atoms with Crippen LogP contribution in [0.25, 0.3) is 5.82 Å². The van der Waals surface area contributed by atoms with Crippen molar-refractivity contribution in [2.75, 3.05) is 10.6 Å². The molecule has 2 N–H and O–H groups in total. The summed E-state index contributed by atoms with van der Waals surface area (Å²) in [6.07, 6.45) is 3.44. The van der Waals surface area contributed by atoms with Crippen molar-refractivity contribution in [2.24, 2.45) is 0 Å². The Labute approximate surface area is 171 Å². The van der Waals surface area contributed by atoms with Crippen molar-refractivity contribution in [1.29, 1.82) is 0 Å². The molecule has 0 aliphatic rings. The Morgan fingerprint density at radius 2 is 1.59 bits per heavy atom. The predicted molar refractivity (Wildman–Crippen MR) is 110 cm³/mol. The lowest BCUT2D eigenvalue weighted by Crippen LogP contribution is -2.19. The molecular formula is C20H15ClN6O2. The highest BCUT2D eigenvalue weighted by atomic mass is 35.5. The number of carbonyl (C=O) groups excluding carboxylic acids is 1. The van der Waals surface area contributed by atoms with E-state index in [0.717, 1.165) is 0 Å². The van der Waals surface area contributed by atoms with E-state index in [9.17, 15) is 4.79 Å². The zero-order valence-electron chi connectivity index (χ0n) is 15.0. The summed E-state index contributed by atoms with van der Waals surface area (Å²) in [5.74, 6) is 1.51. The lowest BCUT2D eigenvalue weighted by Gasteiger charge is -2.09. The number of hydrogen-bond acceptors (Lipinski definition) is 5. The lowest BCUT2D eigenvalue weighted by atomic mass is 10.3. The van der Waals surface area contributed by atoms with Crippen molar-refractivity contribution in [1.82, 2.24) is 20.0 Å². The number of ether oxygens (including phenoxy) is 1. The summed E-state index contributed by atoms with van der Waals surface area (Å²) in [6, 6.07) is 18.6. The van der Waals surface area contributed by atoms with Crippen LogP contribution < -0.4 is 15.4 Å². The molecule has 2 aromatic heterocycles. The molecule has 0 bridgehead atoms. The Hall–Kier alpha value is -3.91. The van der Waals surface area contributed by atoms with Gasteiger partial charge in [0.15, 0.2) is 5.82 Å². The van der Waals surface area contributed by atoms with Crippen LogP contribution in [0.1, 0.15) is 0 Å². The van der Waals surface area contributed by atoms with E-state index in [0.29, 0.717) is 33.8 Å². The molecule has 2 amide bonds. The number of carbonyl (C=O) groups is 1. The van der Waals surface area contributed by atoms with Gasteiger partial charge >= 0.3 is 6.03 Å². The van der Waals surface area contributed by atoms with Crippen LogP contribution in [0, 0.1) is 0 Å². The van der Waals surface area contributed by atoms with Crippen LogP contribution >= 0.6 is 11.6 Å². The molecule has 29 heavy (non-hydrogen) atoms. The van der Waals surface area contributed by atoms with Gasteiger partial charge in [-0.05, 0) is 60.7 Å². The van der Waals surface area contributed by atoms with Gasteiger partial charge in [-0.15, -0.1) is 10.2 Å². The van der Waals surface area contributed by atoms with Crippen molar-refractivity contribution >= 4 is 29.0 Å². The summed E-state index contributed by atoms with van der Waals surface area (Å²) in [4.78, 5) is 12.1. The molecule has 0 saturated carbocycles. The van der Waals surface area contributed by atoms with Crippen LogP contribution in [-0.4, -0.2) is 26.0 Å². The first-order valence-corrected chi connectivity index (χ1v) is 8.99. The number of halogens is 1. The largest absolute Gasteiger partial charge is 0.438 e. The van der Waals surface area contributed by atoms with Crippen molar-refractivity contribution in [3.63, 3.8) is 0 Å². The fourth-order valence-corrected chi connectivity index (χ4v) is 2.57. The van der Waals surface area contributed by atoms with E-state index in [2.05, 4.69) is 25.9 Å². The van der Waals surface area contributed by atoms with Crippen LogP contribution in [0.4, 0.5) is 16.2 Å². The number of urea groups is 1. The van der Waals surface area contributed by atoms with Gasteiger partial charge in [0.25, 0.3) is 0 Å². The van der Waals surface area contributed by atoms with Gasteiger partial charge in [0.2, 0.25) is 5.88 Å². The second-order valence-electron chi connectivity index (χ2n) is 5.89. The van der Waals surface area contributed by atoms with Crippen molar-refractivity contribution in [2.45, 2.75) is 0 Å². The monoisotopic (exact) mass is 406 g/mol. The van der Waals surface area contributed by atoms with E-state index in [1.54, 1.807) is 83.8 Å². The Bertz CT molecular complexity index is 1080. The molecule has 0 radical (unpaired) electrons. The van der Waals surface area contributed by atoms with Gasteiger partial charge in [0.05, 0.1) is 0 Å². The second kappa shape index (κ2) is 8.41. The van der Waals surface area contributed by atoms with Crippen LogP contribution in [-0.2, 0) is 0 Å². The first-order chi connectivity index (χ1) is 14.2. The molecule has 0 atom stereocenters. The molecule has 4 aromatic rings. The third kappa shape index (κ3) is 4.88. The van der Waals surface area contributed by atoms with Gasteiger partial charge in [-0.25, -0.2) is 9.48 Å². The fourth-order valence-electron chi connectivity index (χ4n) is 2.45. The summed E-state index contributed by atoms with van der Waals surface area (Å²) in [5.41, 5.74) is 1.26. The molecule has 2 aromatic carbocycles. The van der Waals surface area contributed by atoms with Gasteiger partial charge < -0.3 is 15.4 Å². The summed E-state index contributed by atoms with van der Waals surface area (Å²) >= 11 is 5.83. The van der Waals surface area contributed by atoms with Crippen LogP contribution in [0.15, 0.2) is 79.1 Å². The molecule has 0 unspecified atom stereocenters. The molecule has 144 valence electrons. The highest BCUT2D eigenvalue weighted by Crippen LogP contribution is 2.22. The average molecular weight is 407 g/mol. The SMILES string of the molecule is O=C(Nc1ccc(Cl)cc1)Nc1ccc(Oc2ccc(-n3cccn3)nn2)cc1. The van der Waals surface area contributed by atoms with Gasteiger partial charge in [-0.1, -0.05) is 11.6 Å². The van der Waals surface area contributed by atoms with Crippen molar-refractivity contribution in [3.05, 3.63) is 84.1 Å². The van der Waals surface area contributed by atoms with Gasteiger partial charge in [-0.3, -0.25) is 0 Å². The van der Waals surface area contributed by atoms with Crippen LogP contribution in [0.5, 0.6) is 11.6 Å². The molecule has 0 saturated heterocycles. The molecule has 4 rings (SSSR count). The topological polar surface area (TPSA) is 94.0 Å². The number of hydrogen-bond donors (Lipinski definition) is 2. The third-order valence-corrected chi connectivity index (χ3v) is 4.05. The number of nitrogens with one attached hydrogen (secondary N) is 2. The maximum Gasteiger partial charge on any atom is 0.323 e. The van der Waals surface area contributed by atoms with E-state index >= 15 is 0 Å². The predicted octanol–water partition coefficient (Wildman–Crippen LogP) is 4.75. The molecule has 0 spiro atoms. The maximum absolute atomic E-state index is 12.1. The molecule has 0 aliphatic heterocycles. The standard InChI is InChI=1S/C20H15ClN6O2/c21-14-2-4-15(5-3-14)23-20(28)24-16-6-8-17(9-7-16)29-19-11-10-18(25-26-19)27-13-1-12-22-27/h1-13H,(H2,23,24,28). The fraction of sp³-hybridized carbons (Fsp3) is 0. The first kappa shape index (κ1) is 18.5. The second-order valence-corrected chi connectivity index (χ2v) is 6.33. The van der Waals surface area contributed by atoms with Gasteiger partial charge in [0.1, 0.15) is 5.75 Å². The number of amides is 2. The van der Waals surface area contributed by atoms with Gasteiger partial charge in [0, 0.05) is 34.9 Å². The number of aromatic nitrogens is 4. The number of anilines is 2. The molecule has 0 aliphatic carbocycles. The van der Waals surface area contributed by atoms with Crippen LogP contribution in [0.3, 0.4) is 0 Å². The molecule has 0 fully saturated rings. The molecule has 2 heterocycles. The maximum atomic E-state index is 12.1. The zero-order valence-corrected chi connectivity index (χ0v) is 15.7. The molecular weight excluding hydrogens is 392 g/mol. The third-order valence-electron chi connectivity index (χ3n) is 3.80. The Morgan fingerprint density at radius 3 is 2.17 bits per heavy atom. The van der Waals surface area contributed by atoms with E-state index in [4.69, 9.17) is 16.3 Å². The highest BCUT2D eigenvalue weighted by Gasteiger charge is 2.05. The van der Waals surface area contributed by atoms with E-state index < -0.39 is 0 Å². The minimum absolute atomic E-state index is 0.349. The Kier molecular flexibility index (Phi) is 5.35. The quantitative estimate of drug-likeness (QED) is 0.498. The van der Waals surface area contributed by atoms with Crippen LogP contribution in [0.2, 0.25) is 5.02 Å². The summed E-state index contributed by atoms with van der Waals surface area (Å²) in [7, 11) is 0. The first-order valence-electron chi connectivity index (χ1n) is 8.61. The average Bonchev–Trinajstić information content (AvgIpc) is 3.27. The van der Waals surface area contributed by atoms with E-state index in [-0.39, 0.29) is 6.03 Å². The number of nitrogens with zero attached hydrogens (tertiary/aromatic N) is 4. The Balaban J connectivity index is 1.34. The highest BCUT2D eigenvalue weighted by molar-refractivity contribution is 6.30. The molecule has 8 nitrogen and oxygen atoms in total. The normalized spacial score (nSPS) is 10.4. The van der Waals surface area contributed by atoms with Crippen molar-refractivity contribution < 1.29 is 9.53 Å².